The Labute approximate surface area is 144 Å². The van der Waals surface area contributed by atoms with Crippen molar-refractivity contribution in [3.05, 3.63) is 61.2 Å². The largest absolute Gasteiger partial charge is 0.495 e. The summed E-state index contributed by atoms with van der Waals surface area (Å²) in [7, 11) is 1.64. The molecule has 0 atom stereocenters. The van der Waals surface area contributed by atoms with Crippen LogP contribution >= 0.6 is 43.5 Å². The van der Waals surface area contributed by atoms with Gasteiger partial charge >= 0.3 is 0 Å². The smallest absolute Gasteiger partial charge is 0.141 e. The van der Waals surface area contributed by atoms with Crippen molar-refractivity contribution < 1.29 is 9.13 Å². The molecule has 0 unspecified atom stereocenters. The highest BCUT2D eigenvalue weighted by atomic mass is 79.9. The van der Waals surface area contributed by atoms with E-state index < -0.39 is 5.82 Å². The standard InChI is InChI=1S/C15H13Br2ClFNO/c1-21-15-10(5-11(16)6-12(15)17)8-20-7-9-2-3-14(19)13(18)4-9/h2-6,20H,7-8H2,1H3. The third kappa shape index (κ3) is 4.42. The van der Waals surface area contributed by atoms with Crippen molar-refractivity contribution in [2.24, 2.45) is 0 Å². The Morgan fingerprint density at radius 3 is 2.62 bits per heavy atom. The molecule has 0 aliphatic heterocycles. The Morgan fingerprint density at radius 2 is 1.95 bits per heavy atom. The fourth-order valence-corrected chi connectivity index (χ4v) is 3.64. The number of hydrogen-bond acceptors (Lipinski definition) is 2. The summed E-state index contributed by atoms with van der Waals surface area (Å²) >= 11 is 12.7. The van der Waals surface area contributed by atoms with E-state index in [9.17, 15) is 4.39 Å². The fraction of sp³-hybridized carbons (Fsp3) is 0.200. The van der Waals surface area contributed by atoms with Crippen LogP contribution in [-0.4, -0.2) is 7.11 Å². The first-order valence-electron chi connectivity index (χ1n) is 6.18. The summed E-state index contributed by atoms with van der Waals surface area (Å²) in [6, 6.07) is 8.63. The third-order valence-corrected chi connectivity index (χ3v) is 4.25. The monoisotopic (exact) mass is 435 g/mol. The average molecular weight is 438 g/mol. The van der Waals surface area contributed by atoms with Crippen LogP contribution in [0.1, 0.15) is 11.1 Å². The summed E-state index contributed by atoms with van der Waals surface area (Å²) in [5, 5.41) is 3.43. The lowest BCUT2D eigenvalue weighted by atomic mass is 10.2. The van der Waals surface area contributed by atoms with Gasteiger partial charge in [0.15, 0.2) is 0 Å². The highest BCUT2D eigenvalue weighted by molar-refractivity contribution is 9.11. The van der Waals surface area contributed by atoms with Crippen LogP contribution in [0.3, 0.4) is 0 Å². The van der Waals surface area contributed by atoms with Gasteiger partial charge in [-0.2, -0.15) is 0 Å². The molecule has 2 aromatic carbocycles. The van der Waals surface area contributed by atoms with Crippen molar-refractivity contribution in [3.8, 4) is 5.75 Å². The van der Waals surface area contributed by atoms with Gasteiger partial charge in [0.2, 0.25) is 0 Å². The molecule has 0 aliphatic rings. The lowest BCUT2D eigenvalue weighted by Crippen LogP contribution is -2.13. The third-order valence-electron chi connectivity index (χ3n) is 2.92. The Hall–Kier alpha value is -0.620. The van der Waals surface area contributed by atoms with E-state index in [1.54, 1.807) is 19.2 Å². The Bertz CT molecular complexity index is 652. The molecule has 2 rings (SSSR count). The summed E-state index contributed by atoms with van der Waals surface area (Å²) in [4.78, 5) is 0. The Kier molecular flexibility index (Phi) is 6.05. The van der Waals surface area contributed by atoms with Gasteiger partial charge in [-0.1, -0.05) is 33.6 Å². The van der Waals surface area contributed by atoms with Crippen molar-refractivity contribution in [2.45, 2.75) is 13.1 Å². The van der Waals surface area contributed by atoms with Gasteiger partial charge in [0.1, 0.15) is 11.6 Å². The minimum absolute atomic E-state index is 0.136. The Morgan fingerprint density at radius 1 is 1.19 bits per heavy atom. The van der Waals surface area contributed by atoms with Gasteiger partial charge < -0.3 is 10.1 Å². The second-order valence-electron chi connectivity index (χ2n) is 4.43. The van der Waals surface area contributed by atoms with E-state index in [0.717, 1.165) is 25.8 Å². The van der Waals surface area contributed by atoms with Crippen molar-refractivity contribution in [1.29, 1.82) is 0 Å². The highest BCUT2D eigenvalue weighted by Gasteiger charge is 2.09. The van der Waals surface area contributed by atoms with E-state index in [1.165, 1.54) is 6.07 Å². The maximum atomic E-state index is 13.1. The molecule has 0 heterocycles. The Balaban J connectivity index is 2.05. The number of nitrogens with one attached hydrogen (secondary N) is 1. The molecule has 1 N–H and O–H groups in total. The van der Waals surface area contributed by atoms with Gasteiger partial charge in [-0.3, -0.25) is 0 Å². The average Bonchev–Trinajstić information content (AvgIpc) is 2.42. The topological polar surface area (TPSA) is 21.3 Å². The van der Waals surface area contributed by atoms with Gasteiger partial charge in [0, 0.05) is 23.1 Å². The molecule has 21 heavy (non-hydrogen) atoms. The SMILES string of the molecule is COc1c(Br)cc(Br)cc1CNCc1ccc(F)c(Cl)c1. The van der Waals surface area contributed by atoms with Crippen LogP contribution < -0.4 is 10.1 Å². The van der Waals surface area contributed by atoms with Crippen molar-refractivity contribution in [1.82, 2.24) is 5.32 Å². The number of benzene rings is 2. The van der Waals surface area contributed by atoms with Crippen LogP contribution in [0.5, 0.6) is 5.75 Å². The zero-order chi connectivity index (χ0) is 15.4. The van der Waals surface area contributed by atoms with Gasteiger partial charge in [-0.15, -0.1) is 0 Å². The van der Waals surface area contributed by atoms with E-state index in [0.29, 0.717) is 13.1 Å². The first-order chi connectivity index (χ1) is 10.0. The number of hydrogen-bond donors (Lipinski definition) is 1. The van der Waals surface area contributed by atoms with Gasteiger partial charge in [0.25, 0.3) is 0 Å². The van der Waals surface area contributed by atoms with Crippen LogP contribution in [0.2, 0.25) is 5.02 Å². The molecule has 0 fully saturated rings. The van der Waals surface area contributed by atoms with E-state index >= 15 is 0 Å². The molecule has 0 saturated heterocycles. The number of rotatable bonds is 5. The first kappa shape index (κ1) is 16.7. The summed E-state index contributed by atoms with van der Waals surface area (Å²) in [5.41, 5.74) is 1.95. The summed E-state index contributed by atoms with van der Waals surface area (Å²) in [6.45, 7) is 1.21. The molecule has 0 radical (unpaired) electrons. The second kappa shape index (κ2) is 7.58. The molecule has 6 heteroatoms. The van der Waals surface area contributed by atoms with E-state index in [4.69, 9.17) is 16.3 Å². The van der Waals surface area contributed by atoms with Crippen molar-refractivity contribution in [2.75, 3.05) is 7.11 Å². The first-order valence-corrected chi connectivity index (χ1v) is 8.14. The summed E-state index contributed by atoms with van der Waals surface area (Å²) < 4.78 is 20.3. The number of ether oxygens (including phenoxy) is 1. The van der Waals surface area contributed by atoms with Crippen molar-refractivity contribution in [3.63, 3.8) is 0 Å². The fourth-order valence-electron chi connectivity index (χ4n) is 1.96. The molecule has 2 nitrogen and oxygen atoms in total. The van der Waals surface area contributed by atoms with Crippen LogP contribution in [0.15, 0.2) is 39.3 Å². The van der Waals surface area contributed by atoms with Crippen LogP contribution in [0, 0.1) is 5.82 Å². The lowest BCUT2D eigenvalue weighted by Gasteiger charge is -2.12. The van der Waals surface area contributed by atoms with Gasteiger partial charge in [-0.25, -0.2) is 4.39 Å². The van der Waals surface area contributed by atoms with Crippen molar-refractivity contribution >= 4 is 43.5 Å². The van der Waals surface area contributed by atoms with Crippen LogP contribution in [-0.2, 0) is 13.1 Å². The van der Waals surface area contributed by atoms with E-state index in [2.05, 4.69) is 37.2 Å². The maximum absolute atomic E-state index is 13.1. The summed E-state index contributed by atoms with van der Waals surface area (Å²) in [5.74, 6) is 0.390. The van der Waals surface area contributed by atoms with Gasteiger partial charge in [-0.05, 0) is 45.8 Å². The quantitative estimate of drug-likeness (QED) is 0.685. The van der Waals surface area contributed by atoms with Crippen LogP contribution in [0.25, 0.3) is 0 Å². The molecular formula is C15H13Br2ClFNO. The van der Waals surface area contributed by atoms with E-state index in [-0.39, 0.29) is 5.02 Å². The molecule has 0 aromatic heterocycles. The normalized spacial score (nSPS) is 10.7. The van der Waals surface area contributed by atoms with Gasteiger partial charge in [0.05, 0.1) is 16.6 Å². The maximum Gasteiger partial charge on any atom is 0.141 e. The molecule has 0 aliphatic carbocycles. The molecule has 0 bridgehead atoms. The second-order valence-corrected chi connectivity index (χ2v) is 6.61. The molecule has 0 amide bonds. The van der Waals surface area contributed by atoms with E-state index in [1.807, 2.05) is 12.1 Å². The predicted octanol–water partition coefficient (Wildman–Crippen LogP) is 5.30. The number of methoxy groups -OCH3 is 1. The predicted molar refractivity (Wildman–Crippen MR) is 90.3 cm³/mol. The minimum Gasteiger partial charge on any atom is -0.495 e. The molecule has 2 aromatic rings. The zero-order valence-electron chi connectivity index (χ0n) is 11.2. The zero-order valence-corrected chi connectivity index (χ0v) is 15.1. The summed E-state index contributed by atoms with van der Waals surface area (Å²) in [6.07, 6.45) is 0. The lowest BCUT2D eigenvalue weighted by molar-refractivity contribution is 0.405. The molecule has 0 saturated carbocycles. The minimum atomic E-state index is -0.405. The highest BCUT2D eigenvalue weighted by Crippen LogP contribution is 2.32. The molecule has 112 valence electrons. The number of halogens is 4. The molecule has 0 spiro atoms. The van der Waals surface area contributed by atoms with Crippen LogP contribution in [0.4, 0.5) is 4.39 Å². The molecular weight excluding hydrogens is 424 g/mol.